The zero-order valence-corrected chi connectivity index (χ0v) is 21.7. The summed E-state index contributed by atoms with van der Waals surface area (Å²) in [5.74, 6) is -1.40. The van der Waals surface area contributed by atoms with Gasteiger partial charge in [0.1, 0.15) is 11.5 Å². The van der Waals surface area contributed by atoms with Crippen molar-refractivity contribution in [1.82, 2.24) is 20.3 Å². The fourth-order valence-electron chi connectivity index (χ4n) is 3.90. The summed E-state index contributed by atoms with van der Waals surface area (Å²) in [4.78, 5) is 41.0. The Labute approximate surface area is 224 Å². The highest BCUT2D eigenvalue weighted by molar-refractivity contribution is 6.35. The maximum atomic E-state index is 13.4. The molecule has 0 radical (unpaired) electrons. The number of unbranched alkanes of at least 4 members (excludes halogenated alkanes) is 1. The molecule has 1 aromatic heterocycles. The number of nitrogens with zero attached hydrogens (tertiary/aromatic N) is 2. The number of aromatic nitrogens is 2. The number of hydrogen-bond donors (Lipinski definition) is 4. The van der Waals surface area contributed by atoms with Crippen LogP contribution in [-0.2, 0) is 24.2 Å². The quantitative estimate of drug-likeness (QED) is 0.195. The van der Waals surface area contributed by atoms with E-state index in [2.05, 4.69) is 17.2 Å². The largest absolute Gasteiger partial charge is 0.478 e. The zero-order valence-electron chi connectivity index (χ0n) is 20.2. The highest BCUT2D eigenvalue weighted by Gasteiger charge is 2.23. The smallest absolute Gasteiger partial charge is 0.335 e. The van der Waals surface area contributed by atoms with Crippen LogP contribution in [0.15, 0.2) is 48.7 Å². The van der Waals surface area contributed by atoms with Gasteiger partial charge in [-0.15, -0.1) is 0 Å². The number of nitrogens with one attached hydrogen (secondary N) is 2. The lowest BCUT2D eigenvalue weighted by molar-refractivity contribution is -0.129. The number of aromatic carboxylic acids is 1. The average Bonchev–Trinajstić information content (AvgIpc) is 3.26. The molecular formula is C26H28Cl2N4O5. The van der Waals surface area contributed by atoms with E-state index >= 15 is 0 Å². The van der Waals surface area contributed by atoms with Crippen molar-refractivity contribution in [3.8, 4) is 0 Å². The topological polar surface area (TPSA) is 134 Å². The average molecular weight is 547 g/mol. The molecule has 0 saturated heterocycles. The number of carbonyl (C=O) groups excluding carboxylic acids is 2. The lowest BCUT2D eigenvalue weighted by Crippen LogP contribution is -2.41. The van der Waals surface area contributed by atoms with Gasteiger partial charge in [0.25, 0.3) is 5.91 Å². The summed E-state index contributed by atoms with van der Waals surface area (Å²) in [5.41, 5.74) is 3.55. The maximum Gasteiger partial charge on any atom is 0.335 e. The van der Waals surface area contributed by atoms with Crippen LogP contribution in [-0.4, -0.2) is 43.7 Å². The van der Waals surface area contributed by atoms with E-state index in [1.54, 1.807) is 40.4 Å². The number of hydrogen-bond acceptors (Lipinski definition) is 5. The zero-order chi connectivity index (χ0) is 26.9. The van der Waals surface area contributed by atoms with Gasteiger partial charge in [-0.3, -0.25) is 14.8 Å². The van der Waals surface area contributed by atoms with Crippen LogP contribution in [0.3, 0.4) is 0 Å². The van der Waals surface area contributed by atoms with Crippen molar-refractivity contribution < 1.29 is 24.7 Å². The second kappa shape index (κ2) is 13.2. The van der Waals surface area contributed by atoms with Gasteiger partial charge >= 0.3 is 5.97 Å². The predicted octanol–water partition coefficient (Wildman–Crippen LogP) is 4.52. The van der Waals surface area contributed by atoms with Gasteiger partial charge < -0.3 is 15.0 Å². The fourth-order valence-corrected chi connectivity index (χ4v) is 4.38. The molecule has 0 unspecified atom stereocenters. The van der Waals surface area contributed by atoms with Gasteiger partial charge in [-0.2, -0.15) is 0 Å². The van der Waals surface area contributed by atoms with E-state index in [1.807, 2.05) is 0 Å². The first-order valence-corrected chi connectivity index (χ1v) is 12.5. The third-order valence-corrected chi connectivity index (χ3v) is 6.43. The van der Waals surface area contributed by atoms with Crippen molar-refractivity contribution in [2.45, 2.75) is 51.6 Å². The normalized spacial score (nSPS) is 11.7. The summed E-state index contributed by atoms with van der Waals surface area (Å²) in [6.07, 6.45) is 4.02. The van der Waals surface area contributed by atoms with Gasteiger partial charge in [-0.25, -0.2) is 15.3 Å². The van der Waals surface area contributed by atoms with Crippen LogP contribution in [0, 0.1) is 0 Å². The predicted molar refractivity (Wildman–Crippen MR) is 139 cm³/mol. The van der Waals surface area contributed by atoms with Gasteiger partial charge in [0, 0.05) is 35.5 Å². The van der Waals surface area contributed by atoms with Crippen molar-refractivity contribution in [3.63, 3.8) is 0 Å². The van der Waals surface area contributed by atoms with Gasteiger partial charge in [0.2, 0.25) is 5.91 Å². The monoisotopic (exact) mass is 546 g/mol. The number of benzene rings is 2. The minimum atomic E-state index is -1.02. The van der Waals surface area contributed by atoms with E-state index in [4.69, 9.17) is 33.5 Å². The van der Waals surface area contributed by atoms with Crippen molar-refractivity contribution in [2.75, 3.05) is 0 Å². The van der Waals surface area contributed by atoms with Crippen LogP contribution in [0.25, 0.3) is 0 Å². The standard InChI is InChI=1S/C26H28Cl2N4O5/c1-2-3-4-23-29-14-22(32(23)15-16-5-7-17(8-6-16)26(35)36)25(34)30-20(13-24(33)31-37)11-18-9-10-19(27)12-21(18)28/h5-10,12,14,20,37H,2-4,11,13,15H2,1H3,(H,30,34)(H,31,33)(H,35,36)/t20-/m0/s1. The molecule has 1 atom stereocenters. The molecule has 37 heavy (non-hydrogen) atoms. The third-order valence-electron chi connectivity index (χ3n) is 5.84. The molecule has 0 saturated carbocycles. The molecule has 0 aliphatic rings. The van der Waals surface area contributed by atoms with E-state index in [1.165, 1.54) is 18.3 Å². The summed E-state index contributed by atoms with van der Waals surface area (Å²) in [6.45, 7) is 2.37. The third kappa shape index (κ3) is 7.79. The molecule has 0 spiro atoms. The van der Waals surface area contributed by atoms with Crippen LogP contribution in [0.5, 0.6) is 0 Å². The first kappa shape index (κ1) is 28.2. The molecule has 0 aliphatic heterocycles. The first-order valence-electron chi connectivity index (χ1n) is 11.8. The lowest BCUT2D eigenvalue weighted by atomic mass is 10.0. The molecule has 3 aromatic rings. The summed E-state index contributed by atoms with van der Waals surface area (Å²) in [7, 11) is 0. The van der Waals surface area contributed by atoms with Gasteiger partial charge in [-0.1, -0.05) is 54.7 Å². The molecule has 0 aliphatic carbocycles. The number of aryl methyl sites for hydroxylation is 1. The van der Waals surface area contributed by atoms with Crippen LogP contribution in [0.4, 0.5) is 0 Å². The SMILES string of the molecule is CCCCc1ncc(C(=O)N[C@H](CC(=O)NO)Cc2ccc(Cl)cc2Cl)n1Cc1ccc(C(=O)O)cc1. The summed E-state index contributed by atoms with van der Waals surface area (Å²) < 4.78 is 1.79. The number of carboxylic acid groups (broad SMARTS) is 1. The molecule has 9 nitrogen and oxygen atoms in total. The van der Waals surface area contributed by atoms with Gasteiger partial charge in [0.05, 0.1) is 11.8 Å². The maximum absolute atomic E-state index is 13.4. The van der Waals surface area contributed by atoms with Gasteiger partial charge in [0.15, 0.2) is 0 Å². The van der Waals surface area contributed by atoms with Crippen molar-refractivity contribution >= 4 is 41.0 Å². The first-order chi connectivity index (χ1) is 17.7. The molecule has 196 valence electrons. The summed E-state index contributed by atoms with van der Waals surface area (Å²) in [5, 5.41) is 21.9. The summed E-state index contributed by atoms with van der Waals surface area (Å²) >= 11 is 12.3. The van der Waals surface area contributed by atoms with Crippen molar-refractivity contribution in [1.29, 1.82) is 0 Å². The molecule has 0 fully saturated rings. The van der Waals surface area contributed by atoms with Crippen LogP contribution in [0.2, 0.25) is 10.0 Å². The highest BCUT2D eigenvalue weighted by Crippen LogP contribution is 2.23. The second-order valence-electron chi connectivity index (χ2n) is 8.60. The molecule has 0 bridgehead atoms. The Morgan fingerprint density at radius 1 is 1.11 bits per heavy atom. The molecule has 11 heteroatoms. The molecular weight excluding hydrogens is 519 g/mol. The molecule has 4 N–H and O–H groups in total. The Bertz CT molecular complexity index is 1260. The number of amides is 2. The van der Waals surface area contributed by atoms with Crippen LogP contribution < -0.4 is 10.8 Å². The fraction of sp³-hybridized carbons (Fsp3) is 0.308. The van der Waals surface area contributed by atoms with E-state index in [-0.39, 0.29) is 18.4 Å². The Morgan fingerprint density at radius 2 is 1.84 bits per heavy atom. The van der Waals surface area contributed by atoms with Gasteiger partial charge in [-0.05, 0) is 48.2 Å². The van der Waals surface area contributed by atoms with E-state index < -0.39 is 23.8 Å². The van der Waals surface area contributed by atoms with Crippen LogP contribution >= 0.6 is 23.2 Å². The van der Waals surface area contributed by atoms with Crippen molar-refractivity contribution in [3.05, 3.63) is 86.9 Å². The number of halogens is 2. The number of rotatable bonds is 12. The number of carbonyl (C=O) groups is 3. The molecule has 3 rings (SSSR count). The minimum absolute atomic E-state index is 0.171. The highest BCUT2D eigenvalue weighted by atomic mass is 35.5. The Kier molecular flexibility index (Phi) is 10.1. The second-order valence-corrected chi connectivity index (χ2v) is 9.44. The molecule has 1 heterocycles. The van der Waals surface area contributed by atoms with E-state index in [0.717, 1.165) is 24.2 Å². The number of hydroxylamine groups is 1. The number of carboxylic acids is 1. The van der Waals surface area contributed by atoms with Crippen molar-refractivity contribution in [2.24, 2.45) is 0 Å². The lowest BCUT2D eigenvalue weighted by Gasteiger charge is -2.20. The Hall–Kier alpha value is -3.40. The Morgan fingerprint density at radius 3 is 2.46 bits per heavy atom. The van der Waals surface area contributed by atoms with E-state index in [0.29, 0.717) is 34.3 Å². The van der Waals surface area contributed by atoms with E-state index in [9.17, 15) is 14.4 Å². The molecule has 2 amide bonds. The molecule has 2 aromatic carbocycles. The van der Waals surface area contributed by atoms with Crippen LogP contribution in [0.1, 0.15) is 64.0 Å². The summed E-state index contributed by atoms with van der Waals surface area (Å²) in [6, 6.07) is 10.7. The minimum Gasteiger partial charge on any atom is -0.478 e. The number of imidazole rings is 1. The Balaban J connectivity index is 1.87.